The van der Waals surface area contributed by atoms with E-state index < -0.39 is 11.2 Å². The third-order valence-electron chi connectivity index (χ3n) is 5.14. The van der Waals surface area contributed by atoms with Crippen molar-refractivity contribution in [2.75, 3.05) is 10.2 Å². The van der Waals surface area contributed by atoms with Crippen LogP contribution in [0, 0.1) is 18.3 Å². The molecular formula is C26H20ClN3O2S. The van der Waals surface area contributed by atoms with Crippen LogP contribution in [-0.4, -0.2) is 17.1 Å². The zero-order valence-electron chi connectivity index (χ0n) is 17.8. The van der Waals surface area contributed by atoms with Gasteiger partial charge in [0, 0.05) is 16.4 Å². The number of hydrogen-bond donors (Lipinski definition) is 1. The van der Waals surface area contributed by atoms with Gasteiger partial charge in [0.15, 0.2) is 0 Å². The van der Waals surface area contributed by atoms with E-state index in [2.05, 4.69) is 5.32 Å². The number of nitrogens with zero attached hydrogens (tertiary/aromatic N) is 2. The maximum absolute atomic E-state index is 13.4. The summed E-state index contributed by atoms with van der Waals surface area (Å²) in [5.74, 6) is -0.753. The molecule has 3 aromatic carbocycles. The number of benzene rings is 3. The lowest BCUT2D eigenvalue weighted by Gasteiger charge is -2.18. The van der Waals surface area contributed by atoms with Crippen LogP contribution in [0.2, 0.25) is 5.02 Å². The number of aryl methyl sites for hydroxylation is 1. The Morgan fingerprint density at radius 2 is 1.82 bits per heavy atom. The molecule has 0 aromatic heterocycles. The summed E-state index contributed by atoms with van der Waals surface area (Å²) in [6.07, 6.45) is 0.491. The Bertz CT molecular complexity index is 1270. The van der Waals surface area contributed by atoms with E-state index >= 15 is 0 Å². The molecule has 4 rings (SSSR count). The molecule has 1 heterocycles. The summed E-state index contributed by atoms with van der Waals surface area (Å²) in [7, 11) is 0. The van der Waals surface area contributed by atoms with Crippen LogP contribution in [0.5, 0.6) is 0 Å². The van der Waals surface area contributed by atoms with Crippen LogP contribution in [0.15, 0.2) is 89.5 Å². The van der Waals surface area contributed by atoms with E-state index in [1.54, 1.807) is 36.4 Å². The van der Waals surface area contributed by atoms with E-state index in [1.165, 1.54) is 16.7 Å². The van der Waals surface area contributed by atoms with Crippen molar-refractivity contribution >= 4 is 46.6 Å². The fourth-order valence-corrected chi connectivity index (χ4v) is 5.00. The molecule has 0 saturated carbocycles. The second kappa shape index (κ2) is 9.95. The van der Waals surface area contributed by atoms with Crippen molar-refractivity contribution in [2.24, 2.45) is 0 Å². The number of carbonyl (C=O) groups is 2. The van der Waals surface area contributed by atoms with Gasteiger partial charge in [0.25, 0.3) is 5.91 Å². The number of halogens is 1. The summed E-state index contributed by atoms with van der Waals surface area (Å²) in [5, 5.41) is 13.0. The van der Waals surface area contributed by atoms with Crippen LogP contribution < -0.4 is 10.2 Å². The predicted octanol–water partition coefficient (Wildman–Crippen LogP) is 5.71. The Morgan fingerprint density at radius 3 is 2.48 bits per heavy atom. The minimum absolute atomic E-state index is 0.122. The highest BCUT2D eigenvalue weighted by Crippen LogP contribution is 2.42. The molecule has 1 fully saturated rings. The molecule has 5 nitrogen and oxygen atoms in total. The Hall–Kier alpha value is -3.53. The molecule has 33 heavy (non-hydrogen) atoms. The minimum atomic E-state index is -0.591. The maximum Gasteiger partial charge on any atom is 0.269 e. The maximum atomic E-state index is 13.4. The van der Waals surface area contributed by atoms with Gasteiger partial charge in [0.2, 0.25) is 5.91 Å². The lowest BCUT2D eigenvalue weighted by atomic mass is 10.1. The Kier molecular flexibility index (Phi) is 6.83. The molecule has 0 unspecified atom stereocenters. The second-order valence-electron chi connectivity index (χ2n) is 7.56. The first-order valence-corrected chi connectivity index (χ1v) is 11.5. The van der Waals surface area contributed by atoms with Crippen molar-refractivity contribution in [1.29, 1.82) is 5.26 Å². The number of amides is 2. The van der Waals surface area contributed by atoms with Gasteiger partial charge in [-0.1, -0.05) is 77.5 Å². The van der Waals surface area contributed by atoms with Gasteiger partial charge in [-0.05, 0) is 49.2 Å². The molecule has 0 spiro atoms. The van der Waals surface area contributed by atoms with Gasteiger partial charge in [-0.3, -0.25) is 14.5 Å². The number of para-hydroxylation sites is 1. The molecule has 1 saturated heterocycles. The molecule has 0 bridgehead atoms. The summed E-state index contributed by atoms with van der Waals surface area (Å²) in [4.78, 5) is 28.0. The molecule has 0 aliphatic carbocycles. The molecule has 164 valence electrons. The normalized spacial score (nSPS) is 16.9. The van der Waals surface area contributed by atoms with Gasteiger partial charge >= 0.3 is 0 Å². The Morgan fingerprint density at radius 1 is 1.09 bits per heavy atom. The van der Waals surface area contributed by atoms with E-state index in [1.807, 2.05) is 55.5 Å². The largest absolute Gasteiger partial charge is 0.321 e. The molecule has 1 N–H and O–H groups in total. The molecule has 2 amide bonds. The summed E-state index contributed by atoms with van der Waals surface area (Å²) in [5.41, 5.74) is 3.11. The first-order valence-electron chi connectivity index (χ1n) is 10.3. The number of anilines is 2. The van der Waals surface area contributed by atoms with Crippen LogP contribution in [-0.2, 0) is 16.0 Å². The number of hydrogen-bond acceptors (Lipinski definition) is 4. The Balaban J connectivity index is 1.71. The smallest absolute Gasteiger partial charge is 0.269 e. The number of nitriles is 1. The van der Waals surface area contributed by atoms with Crippen LogP contribution >= 0.6 is 23.4 Å². The lowest BCUT2D eigenvalue weighted by molar-refractivity contribution is -0.117. The van der Waals surface area contributed by atoms with Crippen molar-refractivity contribution in [2.45, 2.75) is 18.6 Å². The quantitative estimate of drug-likeness (QED) is 0.380. The number of thioether (sulfide) groups is 1. The van der Waals surface area contributed by atoms with E-state index in [9.17, 15) is 14.9 Å². The standard InChI is InChI=1S/C26H20ClN3O2S/c1-17-10-12-18(13-11-17)14-23-25(32)30(21-8-3-2-4-9-21)26(33-23)22(16-28)24(31)29-20-7-5-6-19(27)15-20/h2-13,15,23H,14H2,1H3,(H,29,31)/b26-22+/t23-/m0/s1. The summed E-state index contributed by atoms with van der Waals surface area (Å²) in [6, 6.07) is 25.8. The summed E-state index contributed by atoms with van der Waals surface area (Å²) < 4.78 is 0. The van der Waals surface area contributed by atoms with Crippen molar-refractivity contribution in [3.63, 3.8) is 0 Å². The summed E-state index contributed by atoms with van der Waals surface area (Å²) >= 11 is 7.25. The number of nitrogens with one attached hydrogen (secondary N) is 1. The molecule has 3 aromatic rings. The fraction of sp³-hybridized carbons (Fsp3) is 0.115. The fourth-order valence-electron chi connectivity index (χ4n) is 3.50. The van der Waals surface area contributed by atoms with Crippen LogP contribution in [0.1, 0.15) is 11.1 Å². The van der Waals surface area contributed by atoms with Gasteiger partial charge in [-0.25, -0.2) is 0 Å². The van der Waals surface area contributed by atoms with Gasteiger partial charge in [0.05, 0.1) is 5.25 Å². The third kappa shape index (κ3) is 5.11. The van der Waals surface area contributed by atoms with Crippen molar-refractivity contribution in [3.8, 4) is 6.07 Å². The highest BCUT2D eigenvalue weighted by molar-refractivity contribution is 8.05. The lowest BCUT2D eigenvalue weighted by Crippen LogP contribution is -2.30. The van der Waals surface area contributed by atoms with Gasteiger partial charge in [0.1, 0.15) is 16.7 Å². The van der Waals surface area contributed by atoms with Crippen molar-refractivity contribution in [3.05, 3.63) is 106 Å². The van der Waals surface area contributed by atoms with Crippen molar-refractivity contribution in [1.82, 2.24) is 0 Å². The topological polar surface area (TPSA) is 73.2 Å². The second-order valence-corrected chi connectivity index (χ2v) is 9.19. The zero-order chi connectivity index (χ0) is 23.4. The monoisotopic (exact) mass is 473 g/mol. The van der Waals surface area contributed by atoms with Crippen LogP contribution in [0.25, 0.3) is 0 Å². The van der Waals surface area contributed by atoms with E-state index in [4.69, 9.17) is 11.6 Å². The van der Waals surface area contributed by atoms with Gasteiger partial charge in [-0.2, -0.15) is 5.26 Å². The van der Waals surface area contributed by atoms with E-state index in [0.717, 1.165) is 11.1 Å². The highest BCUT2D eigenvalue weighted by Gasteiger charge is 2.40. The van der Waals surface area contributed by atoms with E-state index in [0.29, 0.717) is 27.8 Å². The molecule has 7 heteroatoms. The van der Waals surface area contributed by atoms with Gasteiger partial charge < -0.3 is 5.32 Å². The molecule has 1 aliphatic heterocycles. The highest BCUT2D eigenvalue weighted by atomic mass is 35.5. The van der Waals surface area contributed by atoms with E-state index in [-0.39, 0.29) is 11.5 Å². The number of carbonyl (C=O) groups excluding carboxylic acids is 2. The average Bonchev–Trinajstić information content (AvgIpc) is 3.12. The molecule has 0 radical (unpaired) electrons. The number of rotatable bonds is 5. The van der Waals surface area contributed by atoms with Crippen LogP contribution in [0.4, 0.5) is 11.4 Å². The molecule has 1 atom stereocenters. The average molecular weight is 474 g/mol. The predicted molar refractivity (Wildman–Crippen MR) is 133 cm³/mol. The third-order valence-corrected chi connectivity index (χ3v) is 6.64. The Labute approximate surface area is 201 Å². The molecule has 1 aliphatic rings. The SMILES string of the molecule is Cc1ccc(C[C@@H]2S/C(=C(\C#N)C(=O)Nc3cccc(Cl)c3)N(c3ccccc3)C2=O)cc1. The minimum Gasteiger partial charge on any atom is -0.321 e. The van der Waals surface area contributed by atoms with Gasteiger partial charge in [-0.15, -0.1) is 0 Å². The zero-order valence-corrected chi connectivity index (χ0v) is 19.4. The van der Waals surface area contributed by atoms with Crippen molar-refractivity contribution < 1.29 is 9.59 Å². The summed E-state index contributed by atoms with van der Waals surface area (Å²) in [6.45, 7) is 2.01. The van der Waals surface area contributed by atoms with Crippen LogP contribution in [0.3, 0.4) is 0 Å². The molecular weight excluding hydrogens is 454 g/mol. The first-order chi connectivity index (χ1) is 16.0. The first kappa shape index (κ1) is 22.7.